The monoisotopic (exact) mass is 266 g/mol. The maximum atomic E-state index is 14.1. The quantitative estimate of drug-likeness (QED) is 0.635. The molecule has 19 heavy (non-hydrogen) atoms. The van der Waals surface area contributed by atoms with Gasteiger partial charge in [0.05, 0.1) is 13.2 Å². The first-order valence-corrected chi connectivity index (χ1v) is 7.04. The molecule has 0 saturated heterocycles. The Morgan fingerprint density at radius 1 is 1.37 bits per heavy atom. The lowest BCUT2D eigenvalue weighted by Crippen LogP contribution is -2.31. The van der Waals surface area contributed by atoms with Crippen molar-refractivity contribution in [3.8, 4) is 5.75 Å². The number of nitrogens with one attached hydrogen (secondary N) is 1. The summed E-state index contributed by atoms with van der Waals surface area (Å²) in [4.78, 5) is 0. The number of nitrogens with two attached hydrogens (primary N) is 1. The zero-order valence-electron chi connectivity index (χ0n) is 11.5. The van der Waals surface area contributed by atoms with Gasteiger partial charge in [-0.3, -0.25) is 11.3 Å². The molecule has 0 amide bonds. The molecule has 0 aliphatic heterocycles. The molecule has 0 aromatic heterocycles. The van der Waals surface area contributed by atoms with E-state index < -0.39 is 0 Å². The SMILES string of the molecule is COc1cccc(F)c1C(CC1CCCCC1)NN. The van der Waals surface area contributed by atoms with E-state index in [9.17, 15) is 4.39 Å². The second-order valence-corrected chi connectivity index (χ2v) is 5.31. The van der Waals surface area contributed by atoms with E-state index in [0.29, 0.717) is 17.2 Å². The van der Waals surface area contributed by atoms with Crippen LogP contribution >= 0.6 is 0 Å². The van der Waals surface area contributed by atoms with Crippen molar-refractivity contribution in [2.75, 3.05) is 7.11 Å². The highest BCUT2D eigenvalue weighted by molar-refractivity contribution is 5.37. The van der Waals surface area contributed by atoms with Crippen LogP contribution in [0.1, 0.15) is 50.1 Å². The second-order valence-electron chi connectivity index (χ2n) is 5.31. The van der Waals surface area contributed by atoms with Gasteiger partial charge in [-0.1, -0.05) is 38.2 Å². The topological polar surface area (TPSA) is 47.3 Å². The van der Waals surface area contributed by atoms with E-state index in [-0.39, 0.29) is 11.9 Å². The molecule has 0 heterocycles. The van der Waals surface area contributed by atoms with Gasteiger partial charge in [-0.05, 0) is 24.5 Å². The van der Waals surface area contributed by atoms with E-state index in [1.807, 2.05) is 0 Å². The highest BCUT2D eigenvalue weighted by atomic mass is 19.1. The molecule has 1 atom stereocenters. The molecule has 1 aromatic rings. The summed E-state index contributed by atoms with van der Waals surface area (Å²) in [5.41, 5.74) is 3.31. The van der Waals surface area contributed by atoms with Crippen LogP contribution in [0.2, 0.25) is 0 Å². The minimum absolute atomic E-state index is 0.181. The standard InChI is InChI=1S/C15H23FN2O/c1-19-14-9-5-8-12(16)15(14)13(18-17)10-11-6-3-2-4-7-11/h5,8-9,11,13,18H,2-4,6-7,10,17H2,1H3. The molecule has 1 aromatic carbocycles. The number of hydrogen-bond donors (Lipinski definition) is 2. The van der Waals surface area contributed by atoms with Crippen molar-refractivity contribution in [2.24, 2.45) is 11.8 Å². The molecule has 106 valence electrons. The van der Waals surface area contributed by atoms with E-state index >= 15 is 0 Å². The third-order valence-electron chi connectivity index (χ3n) is 4.08. The summed E-state index contributed by atoms with van der Waals surface area (Å²) in [7, 11) is 1.56. The van der Waals surface area contributed by atoms with Crippen LogP contribution in [0.25, 0.3) is 0 Å². The van der Waals surface area contributed by atoms with Crippen LogP contribution < -0.4 is 16.0 Å². The molecule has 4 heteroatoms. The number of hydrogen-bond acceptors (Lipinski definition) is 3. The van der Waals surface area contributed by atoms with Crippen LogP contribution in [0.15, 0.2) is 18.2 Å². The van der Waals surface area contributed by atoms with Gasteiger partial charge in [0.1, 0.15) is 11.6 Å². The lowest BCUT2D eigenvalue weighted by atomic mass is 9.83. The third kappa shape index (κ3) is 3.45. The molecule has 1 fully saturated rings. The lowest BCUT2D eigenvalue weighted by Gasteiger charge is -2.27. The van der Waals surface area contributed by atoms with Crippen molar-refractivity contribution in [3.05, 3.63) is 29.6 Å². The summed E-state index contributed by atoms with van der Waals surface area (Å²) < 4.78 is 19.3. The van der Waals surface area contributed by atoms with E-state index in [4.69, 9.17) is 10.6 Å². The molecule has 0 radical (unpaired) electrons. The number of hydrazine groups is 1. The van der Waals surface area contributed by atoms with Crippen molar-refractivity contribution >= 4 is 0 Å². The van der Waals surface area contributed by atoms with Crippen molar-refractivity contribution < 1.29 is 9.13 Å². The minimum atomic E-state index is -0.252. The van der Waals surface area contributed by atoms with Gasteiger partial charge < -0.3 is 4.74 Å². The van der Waals surface area contributed by atoms with Gasteiger partial charge in [-0.2, -0.15) is 0 Å². The minimum Gasteiger partial charge on any atom is -0.496 e. The first-order chi connectivity index (χ1) is 9.26. The van der Waals surface area contributed by atoms with E-state index in [0.717, 1.165) is 6.42 Å². The predicted molar refractivity (Wildman–Crippen MR) is 74.2 cm³/mol. The second kappa shape index (κ2) is 6.87. The van der Waals surface area contributed by atoms with Gasteiger partial charge in [0.2, 0.25) is 0 Å². The zero-order chi connectivity index (χ0) is 13.7. The molecule has 0 spiro atoms. The normalized spacial score (nSPS) is 18.3. The largest absolute Gasteiger partial charge is 0.496 e. The molecule has 3 N–H and O–H groups in total. The highest BCUT2D eigenvalue weighted by Crippen LogP contribution is 2.35. The summed E-state index contributed by atoms with van der Waals surface area (Å²) >= 11 is 0. The summed E-state index contributed by atoms with van der Waals surface area (Å²) in [6.45, 7) is 0. The van der Waals surface area contributed by atoms with Gasteiger partial charge in [0.15, 0.2) is 0 Å². The zero-order valence-corrected chi connectivity index (χ0v) is 11.5. The van der Waals surface area contributed by atoms with E-state index in [1.54, 1.807) is 19.2 Å². The van der Waals surface area contributed by atoms with Crippen LogP contribution in [-0.4, -0.2) is 7.11 Å². The molecular formula is C15H23FN2O. The lowest BCUT2D eigenvalue weighted by molar-refractivity contribution is 0.292. The molecule has 0 bridgehead atoms. The fraction of sp³-hybridized carbons (Fsp3) is 0.600. The van der Waals surface area contributed by atoms with Gasteiger partial charge in [0, 0.05) is 5.56 Å². The third-order valence-corrected chi connectivity index (χ3v) is 4.08. The maximum absolute atomic E-state index is 14.1. The number of methoxy groups -OCH3 is 1. The van der Waals surface area contributed by atoms with Gasteiger partial charge in [-0.15, -0.1) is 0 Å². The summed E-state index contributed by atoms with van der Waals surface area (Å²) in [5, 5.41) is 0. The average Bonchev–Trinajstić information content (AvgIpc) is 2.46. The predicted octanol–water partition coefficient (Wildman–Crippen LogP) is 3.31. The average molecular weight is 266 g/mol. The molecule has 1 aliphatic carbocycles. The Balaban J connectivity index is 2.16. The summed E-state index contributed by atoms with van der Waals surface area (Å²) in [6.07, 6.45) is 7.17. The Hall–Kier alpha value is -1.13. The summed E-state index contributed by atoms with van der Waals surface area (Å²) in [6, 6.07) is 4.72. The van der Waals surface area contributed by atoms with Crippen molar-refractivity contribution in [1.82, 2.24) is 5.43 Å². The van der Waals surface area contributed by atoms with Crippen LogP contribution in [0.5, 0.6) is 5.75 Å². The molecule has 1 aliphatic rings. The number of benzene rings is 1. The number of rotatable bonds is 5. The fourth-order valence-corrected chi connectivity index (χ4v) is 3.06. The van der Waals surface area contributed by atoms with Gasteiger partial charge in [-0.25, -0.2) is 4.39 Å². The van der Waals surface area contributed by atoms with E-state index in [1.165, 1.54) is 38.2 Å². The van der Waals surface area contributed by atoms with E-state index in [2.05, 4.69) is 5.43 Å². The Bertz CT molecular complexity index is 405. The van der Waals surface area contributed by atoms with Crippen molar-refractivity contribution in [3.63, 3.8) is 0 Å². The van der Waals surface area contributed by atoms with Gasteiger partial charge >= 0.3 is 0 Å². The first kappa shape index (κ1) is 14.3. The smallest absolute Gasteiger partial charge is 0.131 e. The van der Waals surface area contributed by atoms with Crippen LogP contribution in [-0.2, 0) is 0 Å². The molecule has 2 rings (SSSR count). The maximum Gasteiger partial charge on any atom is 0.131 e. The first-order valence-electron chi connectivity index (χ1n) is 7.04. The van der Waals surface area contributed by atoms with Crippen molar-refractivity contribution in [2.45, 2.75) is 44.6 Å². The highest BCUT2D eigenvalue weighted by Gasteiger charge is 2.24. The molecule has 3 nitrogen and oxygen atoms in total. The van der Waals surface area contributed by atoms with Crippen LogP contribution in [0.3, 0.4) is 0 Å². The Labute approximate surface area is 114 Å². The Morgan fingerprint density at radius 3 is 2.74 bits per heavy atom. The number of ether oxygens (including phenoxy) is 1. The molecule has 1 saturated carbocycles. The fourth-order valence-electron chi connectivity index (χ4n) is 3.06. The summed E-state index contributed by atoms with van der Waals surface area (Å²) in [5.74, 6) is 6.58. The van der Waals surface area contributed by atoms with Crippen molar-refractivity contribution in [1.29, 1.82) is 0 Å². The van der Waals surface area contributed by atoms with Crippen LogP contribution in [0, 0.1) is 11.7 Å². The Morgan fingerprint density at radius 2 is 2.11 bits per heavy atom. The van der Waals surface area contributed by atoms with Gasteiger partial charge in [0.25, 0.3) is 0 Å². The molecule has 1 unspecified atom stereocenters. The van der Waals surface area contributed by atoms with Crippen LogP contribution in [0.4, 0.5) is 4.39 Å². The Kier molecular flexibility index (Phi) is 5.16. The molecular weight excluding hydrogens is 243 g/mol. The number of halogens is 1.